The molecule has 0 saturated heterocycles. The van der Waals surface area contributed by atoms with Gasteiger partial charge in [-0.2, -0.15) is 0 Å². The summed E-state index contributed by atoms with van der Waals surface area (Å²) >= 11 is 0. The van der Waals surface area contributed by atoms with E-state index in [4.69, 9.17) is 0 Å². The summed E-state index contributed by atoms with van der Waals surface area (Å²) < 4.78 is 0. The van der Waals surface area contributed by atoms with Crippen LogP contribution in [0.15, 0.2) is 18.2 Å². The van der Waals surface area contributed by atoms with Crippen molar-refractivity contribution in [3.63, 3.8) is 0 Å². The molecule has 0 heterocycles. The molecule has 3 rings (SSSR count). The zero-order valence-electron chi connectivity index (χ0n) is 10.3. The van der Waals surface area contributed by atoms with Crippen molar-refractivity contribution in [3.8, 4) is 0 Å². The minimum Gasteiger partial charge on any atom is -0.310 e. The third-order valence-corrected chi connectivity index (χ3v) is 4.17. The van der Waals surface area contributed by atoms with Crippen LogP contribution in [0.3, 0.4) is 0 Å². The maximum atomic E-state index is 3.76. The summed E-state index contributed by atoms with van der Waals surface area (Å²) in [4.78, 5) is 0. The Morgan fingerprint density at radius 3 is 2.88 bits per heavy atom. The minimum atomic E-state index is 0.616. The van der Waals surface area contributed by atoms with Crippen molar-refractivity contribution in [3.05, 3.63) is 34.9 Å². The molecule has 0 amide bonds. The predicted octanol–water partition coefficient (Wildman–Crippen LogP) is 3.54. The van der Waals surface area contributed by atoms with Crippen LogP contribution in [-0.2, 0) is 0 Å². The van der Waals surface area contributed by atoms with E-state index >= 15 is 0 Å². The van der Waals surface area contributed by atoms with Gasteiger partial charge in [-0.3, -0.25) is 0 Å². The highest BCUT2D eigenvalue weighted by atomic mass is 14.9. The van der Waals surface area contributed by atoms with Crippen molar-refractivity contribution in [2.45, 2.75) is 45.1 Å². The van der Waals surface area contributed by atoms with Gasteiger partial charge in [0.05, 0.1) is 0 Å². The van der Waals surface area contributed by atoms with Crippen molar-refractivity contribution in [2.24, 2.45) is 5.92 Å². The van der Waals surface area contributed by atoms with Gasteiger partial charge in [0.25, 0.3) is 0 Å². The quantitative estimate of drug-likeness (QED) is 0.813. The second kappa shape index (κ2) is 3.89. The van der Waals surface area contributed by atoms with Gasteiger partial charge in [0.15, 0.2) is 0 Å². The average Bonchev–Trinajstić information content (AvgIpc) is 3.02. The number of benzene rings is 1. The Morgan fingerprint density at radius 1 is 1.31 bits per heavy atom. The lowest BCUT2D eigenvalue weighted by molar-refractivity contribution is 0.491. The lowest BCUT2D eigenvalue weighted by Crippen LogP contribution is -2.21. The van der Waals surface area contributed by atoms with Gasteiger partial charge < -0.3 is 5.32 Å². The molecule has 1 heteroatoms. The summed E-state index contributed by atoms with van der Waals surface area (Å²) in [6, 6.07) is 7.39. The summed E-state index contributed by atoms with van der Waals surface area (Å²) in [7, 11) is 0. The van der Waals surface area contributed by atoms with E-state index in [0.29, 0.717) is 6.04 Å². The molecule has 1 aromatic rings. The van der Waals surface area contributed by atoms with E-state index < -0.39 is 0 Å². The Balaban J connectivity index is 1.80. The van der Waals surface area contributed by atoms with E-state index in [9.17, 15) is 0 Å². The molecule has 0 spiro atoms. The molecule has 1 aromatic carbocycles. The maximum absolute atomic E-state index is 3.76. The van der Waals surface area contributed by atoms with E-state index in [-0.39, 0.29) is 0 Å². The fraction of sp³-hybridized carbons (Fsp3) is 0.600. The largest absolute Gasteiger partial charge is 0.310 e. The second-order valence-electron chi connectivity index (χ2n) is 5.62. The van der Waals surface area contributed by atoms with Gasteiger partial charge in [0.2, 0.25) is 0 Å². The van der Waals surface area contributed by atoms with Crippen molar-refractivity contribution in [1.29, 1.82) is 0 Å². The predicted molar refractivity (Wildman–Crippen MR) is 67.7 cm³/mol. The van der Waals surface area contributed by atoms with Gasteiger partial charge in [-0.1, -0.05) is 25.1 Å². The molecule has 2 aliphatic carbocycles. The molecular formula is C15H21N. The Kier molecular flexibility index (Phi) is 2.51. The molecule has 0 bridgehead atoms. The first-order valence-corrected chi connectivity index (χ1v) is 6.58. The zero-order chi connectivity index (χ0) is 11.1. The molecule has 0 aliphatic heterocycles. The highest BCUT2D eigenvalue weighted by Crippen LogP contribution is 2.42. The molecule has 86 valence electrons. The third kappa shape index (κ3) is 1.78. The van der Waals surface area contributed by atoms with Gasteiger partial charge in [-0.05, 0) is 61.3 Å². The molecule has 2 unspecified atom stereocenters. The number of hydrogen-bond acceptors (Lipinski definition) is 1. The summed E-state index contributed by atoms with van der Waals surface area (Å²) in [6.45, 7) is 5.84. The second-order valence-corrected chi connectivity index (χ2v) is 5.62. The molecular weight excluding hydrogens is 194 g/mol. The van der Waals surface area contributed by atoms with E-state index in [1.807, 2.05) is 0 Å². The average molecular weight is 215 g/mol. The van der Waals surface area contributed by atoms with Gasteiger partial charge >= 0.3 is 0 Å². The van der Waals surface area contributed by atoms with Gasteiger partial charge in [-0.25, -0.2) is 0 Å². The first-order chi connectivity index (χ1) is 7.75. The fourth-order valence-corrected chi connectivity index (χ4v) is 3.10. The van der Waals surface area contributed by atoms with Crippen molar-refractivity contribution in [1.82, 2.24) is 5.32 Å². The summed E-state index contributed by atoms with van der Waals surface area (Å²) in [5, 5.41) is 3.76. The first-order valence-electron chi connectivity index (χ1n) is 6.58. The van der Waals surface area contributed by atoms with Crippen LogP contribution in [0, 0.1) is 12.8 Å². The van der Waals surface area contributed by atoms with E-state index in [1.165, 1.54) is 31.4 Å². The van der Waals surface area contributed by atoms with Crippen LogP contribution in [0.4, 0.5) is 0 Å². The van der Waals surface area contributed by atoms with E-state index in [0.717, 1.165) is 11.8 Å². The highest BCUT2D eigenvalue weighted by molar-refractivity contribution is 5.43. The van der Waals surface area contributed by atoms with Crippen molar-refractivity contribution in [2.75, 3.05) is 6.54 Å². The molecule has 16 heavy (non-hydrogen) atoms. The molecule has 1 fully saturated rings. The van der Waals surface area contributed by atoms with Crippen LogP contribution in [0.25, 0.3) is 0 Å². The van der Waals surface area contributed by atoms with Crippen molar-refractivity contribution < 1.29 is 0 Å². The Morgan fingerprint density at radius 2 is 2.12 bits per heavy atom. The Labute approximate surface area is 98.3 Å². The molecule has 2 aliphatic rings. The molecule has 1 nitrogen and oxygen atoms in total. The summed E-state index contributed by atoms with van der Waals surface area (Å²) in [5.74, 6) is 1.71. The van der Waals surface area contributed by atoms with E-state index in [1.54, 1.807) is 11.1 Å². The standard InChI is InChI=1S/C15H21N/c1-10-4-3-5-13-14(8-11(2)15(10)13)16-9-12-6-7-12/h3-5,11-12,14,16H,6-9H2,1-2H3. The van der Waals surface area contributed by atoms with Crippen LogP contribution in [0.2, 0.25) is 0 Å². The number of nitrogens with one attached hydrogen (secondary N) is 1. The molecule has 1 saturated carbocycles. The number of rotatable bonds is 3. The fourth-order valence-electron chi connectivity index (χ4n) is 3.10. The monoisotopic (exact) mass is 215 g/mol. The SMILES string of the molecule is Cc1cccc2c1C(C)CC2NCC1CC1. The lowest BCUT2D eigenvalue weighted by Gasteiger charge is -2.13. The molecule has 0 radical (unpaired) electrons. The summed E-state index contributed by atoms with van der Waals surface area (Å²) in [6.07, 6.45) is 4.17. The van der Waals surface area contributed by atoms with Gasteiger partial charge in [-0.15, -0.1) is 0 Å². The van der Waals surface area contributed by atoms with Gasteiger partial charge in [0, 0.05) is 6.04 Å². The topological polar surface area (TPSA) is 12.0 Å². The Hall–Kier alpha value is -0.820. The Bertz CT molecular complexity index is 392. The summed E-state index contributed by atoms with van der Waals surface area (Å²) in [5.41, 5.74) is 4.64. The molecule has 2 atom stereocenters. The molecule has 1 N–H and O–H groups in total. The number of hydrogen-bond donors (Lipinski definition) is 1. The minimum absolute atomic E-state index is 0.616. The van der Waals surface area contributed by atoms with E-state index in [2.05, 4.69) is 37.4 Å². The molecule has 0 aromatic heterocycles. The third-order valence-electron chi connectivity index (χ3n) is 4.17. The van der Waals surface area contributed by atoms with Crippen LogP contribution >= 0.6 is 0 Å². The highest BCUT2D eigenvalue weighted by Gasteiger charge is 2.30. The number of aryl methyl sites for hydroxylation is 1. The first kappa shape index (κ1) is 10.3. The maximum Gasteiger partial charge on any atom is 0.0329 e. The van der Waals surface area contributed by atoms with Crippen molar-refractivity contribution >= 4 is 0 Å². The van der Waals surface area contributed by atoms with Crippen LogP contribution in [0.5, 0.6) is 0 Å². The van der Waals surface area contributed by atoms with Crippen LogP contribution in [-0.4, -0.2) is 6.54 Å². The zero-order valence-corrected chi connectivity index (χ0v) is 10.3. The normalized spacial score (nSPS) is 28.1. The van der Waals surface area contributed by atoms with Crippen LogP contribution in [0.1, 0.15) is 54.8 Å². The smallest absolute Gasteiger partial charge is 0.0329 e. The van der Waals surface area contributed by atoms with Crippen LogP contribution < -0.4 is 5.32 Å². The number of fused-ring (bicyclic) bond motifs is 1. The van der Waals surface area contributed by atoms with Gasteiger partial charge in [0.1, 0.15) is 0 Å². The lowest BCUT2D eigenvalue weighted by atomic mass is 9.98.